The first-order chi connectivity index (χ1) is 11.0. The Morgan fingerprint density at radius 1 is 0.696 bits per heavy atom. The van der Waals surface area contributed by atoms with Crippen LogP contribution in [0, 0.1) is 0 Å². The van der Waals surface area contributed by atoms with E-state index in [1.54, 1.807) is 0 Å². The van der Waals surface area contributed by atoms with Crippen LogP contribution in [0.1, 0.15) is 55.4 Å². The Kier molecular flexibility index (Phi) is 12.0. The second kappa shape index (κ2) is 11.8. The molecule has 0 aromatic heterocycles. The predicted octanol–water partition coefficient (Wildman–Crippen LogP) is 3.98. The molecule has 0 fully saturated rings. The zero-order valence-corrected chi connectivity index (χ0v) is 18.4. The molecule has 0 radical (unpaired) electrons. The summed E-state index contributed by atoms with van der Waals surface area (Å²) in [6.45, 7) is 25.9. The first kappa shape index (κ1) is 23.4. The molecular weight excluding hydrogens is 300 g/mol. The first-order valence-corrected chi connectivity index (χ1v) is 10.6. The molecule has 0 aromatic rings. The number of hydrogen-bond donors (Lipinski definition) is 0. The molecule has 0 amide bonds. The van der Waals surface area contributed by atoms with Gasteiger partial charge in [0.15, 0.2) is 6.71 Å². The molecule has 0 heterocycles. The van der Waals surface area contributed by atoms with Crippen molar-refractivity contribution >= 4 is 16.0 Å². The number of likely N-dealkylation sites (N-methyl/N-ethyl adjacent to an activating group) is 3. The highest BCUT2D eigenvalue weighted by Gasteiger charge is 2.49. The zero-order valence-electron chi connectivity index (χ0n) is 17.2. The van der Waals surface area contributed by atoms with E-state index < -0.39 is 0 Å². The largest absolute Gasteiger partial charge is 0.299 e. The van der Waals surface area contributed by atoms with Gasteiger partial charge in [-0.05, 0) is 39.3 Å². The summed E-state index contributed by atoms with van der Waals surface area (Å²) in [7, 11) is 3.34. The zero-order chi connectivity index (χ0) is 18.0. The monoisotopic (exact) mass is 343 g/mol. The van der Waals surface area contributed by atoms with Crippen molar-refractivity contribution < 1.29 is 0 Å². The lowest BCUT2D eigenvalue weighted by molar-refractivity contribution is -0.00259. The van der Waals surface area contributed by atoms with Crippen LogP contribution < -0.4 is 0 Å². The average molecular weight is 343 g/mol. The number of hydrogen-bond acceptors (Lipinski definition) is 3. The van der Waals surface area contributed by atoms with E-state index in [1.807, 2.05) is 0 Å². The molecule has 0 N–H and O–H groups in total. The van der Waals surface area contributed by atoms with Gasteiger partial charge in [0.2, 0.25) is 0 Å². The smallest absolute Gasteiger partial charge is 0.173 e. The van der Waals surface area contributed by atoms with Crippen LogP contribution in [0.15, 0.2) is 0 Å². The Hall–Kier alpha value is 0.375. The van der Waals surface area contributed by atoms with Gasteiger partial charge >= 0.3 is 0 Å². The van der Waals surface area contributed by atoms with E-state index in [4.69, 9.17) is 0 Å². The molecule has 138 valence electrons. The topological polar surface area (TPSA) is 9.72 Å². The molecule has 0 saturated carbocycles. The Labute approximate surface area is 149 Å². The third-order valence-corrected chi connectivity index (χ3v) is 6.82. The highest BCUT2D eigenvalue weighted by Crippen LogP contribution is 2.38. The summed E-state index contributed by atoms with van der Waals surface area (Å²) in [5.74, 6) is 0. The third-order valence-electron chi connectivity index (χ3n) is 5.68. The van der Waals surface area contributed by atoms with Crippen molar-refractivity contribution in [3.63, 3.8) is 0 Å². The van der Waals surface area contributed by atoms with Gasteiger partial charge in [0.25, 0.3) is 0 Å². The minimum absolute atomic E-state index is 0.102. The van der Waals surface area contributed by atoms with Crippen LogP contribution >= 0.6 is 9.24 Å². The second-order valence-electron chi connectivity index (χ2n) is 6.39. The summed E-state index contributed by atoms with van der Waals surface area (Å²) in [4.78, 5) is 8.02. The minimum Gasteiger partial charge on any atom is -0.299 e. The Balaban J connectivity index is 6.16. The van der Waals surface area contributed by atoms with Gasteiger partial charge in [-0.15, -0.1) is 9.24 Å². The second-order valence-corrected chi connectivity index (χ2v) is 7.31. The van der Waals surface area contributed by atoms with E-state index in [1.165, 1.54) is 12.6 Å². The van der Waals surface area contributed by atoms with Crippen LogP contribution in [-0.2, 0) is 0 Å². The Bertz CT molecular complexity index is 264. The van der Waals surface area contributed by atoms with E-state index in [0.29, 0.717) is 12.9 Å². The summed E-state index contributed by atoms with van der Waals surface area (Å²) >= 11 is 0. The van der Waals surface area contributed by atoms with Crippen LogP contribution in [0.2, 0.25) is 12.6 Å². The molecule has 23 heavy (non-hydrogen) atoms. The van der Waals surface area contributed by atoms with Crippen molar-refractivity contribution in [2.75, 3.05) is 39.3 Å². The highest BCUT2D eigenvalue weighted by molar-refractivity contribution is 7.24. The molecule has 0 spiro atoms. The van der Waals surface area contributed by atoms with Crippen LogP contribution in [0.4, 0.5) is 0 Å². The van der Waals surface area contributed by atoms with Gasteiger partial charge in [0.1, 0.15) is 0 Å². The molecule has 0 rings (SSSR count). The Morgan fingerprint density at radius 2 is 1.04 bits per heavy atom. The molecule has 0 aliphatic carbocycles. The molecule has 0 aliphatic heterocycles. The summed E-state index contributed by atoms with van der Waals surface area (Å²) in [6, 6.07) is 0. The molecule has 0 saturated heterocycles. The van der Waals surface area contributed by atoms with E-state index in [9.17, 15) is 0 Å². The quantitative estimate of drug-likeness (QED) is 0.284. The number of rotatable bonds is 13. The third kappa shape index (κ3) is 5.17. The standard InChI is InChI=1S/C18H43BN3P/c1-9-19(10-2)18(23,22(15-7)16-8)17(20(11-3)12-4)21(13-5)14-6/h17H,9-16,23H2,1-8H3. The van der Waals surface area contributed by atoms with E-state index in [0.717, 1.165) is 39.3 Å². The first-order valence-electron chi connectivity index (χ1n) is 9.98. The van der Waals surface area contributed by atoms with Crippen molar-refractivity contribution in [1.82, 2.24) is 14.7 Å². The average Bonchev–Trinajstić information content (AvgIpc) is 2.57. The highest BCUT2D eigenvalue weighted by atomic mass is 31.0. The fraction of sp³-hybridized carbons (Fsp3) is 1.00. The number of nitrogens with zero attached hydrogens (tertiary/aromatic N) is 3. The lowest BCUT2D eigenvalue weighted by Gasteiger charge is -2.56. The van der Waals surface area contributed by atoms with E-state index in [-0.39, 0.29) is 5.18 Å². The molecule has 5 heteroatoms. The lowest BCUT2D eigenvalue weighted by Crippen LogP contribution is -2.70. The van der Waals surface area contributed by atoms with Gasteiger partial charge in [0, 0.05) is 5.18 Å². The molecule has 0 bridgehead atoms. The van der Waals surface area contributed by atoms with Crippen LogP contribution in [0.3, 0.4) is 0 Å². The normalized spacial score (nSPS) is 15.0. The van der Waals surface area contributed by atoms with E-state index >= 15 is 0 Å². The van der Waals surface area contributed by atoms with Crippen molar-refractivity contribution in [2.45, 2.75) is 79.4 Å². The van der Waals surface area contributed by atoms with Crippen molar-refractivity contribution in [3.8, 4) is 0 Å². The van der Waals surface area contributed by atoms with Crippen LogP contribution in [0.25, 0.3) is 0 Å². The maximum Gasteiger partial charge on any atom is 0.173 e. The van der Waals surface area contributed by atoms with E-state index in [2.05, 4.69) is 79.3 Å². The maximum absolute atomic E-state index is 3.34. The summed E-state index contributed by atoms with van der Waals surface area (Å²) in [5, 5.41) is 0.102. The summed E-state index contributed by atoms with van der Waals surface area (Å²) < 4.78 is 0. The van der Waals surface area contributed by atoms with Crippen LogP contribution in [0.5, 0.6) is 0 Å². The van der Waals surface area contributed by atoms with Crippen LogP contribution in [-0.4, -0.2) is 72.0 Å². The van der Waals surface area contributed by atoms with Crippen molar-refractivity contribution in [3.05, 3.63) is 0 Å². The van der Waals surface area contributed by atoms with Gasteiger partial charge in [-0.25, -0.2) is 0 Å². The van der Waals surface area contributed by atoms with Gasteiger partial charge in [-0.2, -0.15) is 0 Å². The van der Waals surface area contributed by atoms with Crippen molar-refractivity contribution in [1.29, 1.82) is 0 Å². The van der Waals surface area contributed by atoms with Gasteiger partial charge in [0.05, 0.1) is 6.17 Å². The fourth-order valence-electron chi connectivity index (χ4n) is 4.30. The molecule has 0 aliphatic rings. The fourth-order valence-corrected chi connectivity index (χ4v) is 5.56. The minimum atomic E-state index is 0.102. The molecule has 0 aromatic carbocycles. The van der Waals surface area contributed by atoms with Gasteiger partial charge in [-0.3, -0.25) is 14.7 Å². The lowest BCUT2D eigenvalue weighted by atomic mass is 9.38. The molecule has 3 nitrogen and oxygen atoms in total. The summed E-state index contributed by atoms with van der Waals surface area (Å²) in [5.41, 5.74) is 0. The predicted molar refractivity (Wildman–Crippen MR) is 112 cm³/mol. The SMILES string of the molecule is CCB(CC)C(P)(C(N(CC)CC)N(CC)CC)N(CC)CC. The van der Waals surface area contributed by atoms with Gasteiger partial charge < -0.3 is 0 Å². The molecular formula is C18H43BN3P. The van der Waals surface area contributed by atoms with Gasteiger partial charge in [-0.1, -0.05) is 68.0 Å². The molecule has 2 unspecified atom stereocenters. The summed E-state index contributed by atoms with van der Waals surface area (Å²) in [6.07, 6.45) is 2.91. The van der Waals surface area contributed by atoms with Crippen molar-refractivity contribution in [2.24, 2.45) is 0 Å². The Morgan fingerprint density at radius 3 is 1.26 bits per heavy atom. The maximum atomic E-state index is 3.34. The molecule has 2 atom stereocenters.